The van der Waals surface area contributed by atoms with Crippen LogP contribution < -0.4 is 0 Å². The predicted octanol–water partition coefficient (Wildman–Crippen LogP) is 5.27. The first-order valence-electron chi connectivity index (χ1n) is 8.10. The second-order valence-electron chi connectivity index (χ2n) is 5.84. The monoisotopic (exact) mass is 310 g/mol. The summed E-state index contributed by atoms with van der Waals surface area (Å²) in [6, 6.07) is 27.8. The summed E-state index contributed by atoms with van der Waals surface area (Å²) in [7, 11) is 0. The molecule has 0 N–H and O–H groups in total. The summed E-state index contributed by atoms with van der Waals surface area (Å²) in [6.07, 6.45) is 5.67. The van der Waals surface area contributed by atoms with Crippen LogP contribution in [0.5, 0.6) is 0 Å². The van der Waals surface area contributed by atoms with Crippen LogP contribution in [0.1, 0.15) is 5.56 Å². The zero-order chi connectivity index (χ0) is 16.2. The van der Waals surface area contributed by atoms with E-state index in [0.29, 0.717) is 0 Å². The van der Waals surface area contributed by atoms with Crippen molar-refractivity contribution in [1.82, 2.24) is 9.55 Å². The van der Waals surface area contributed by atoms with Crippen LogP contribution in [0.25, 0.3) is 22.3 Å². The van der Waals surface area contributed by atoms with Crippen molar-refractivity contribution in [1.29, 1.82) is 0 Å². The van der Waals surface area contributed by atoms with Gasteiger partial charge in [0.05, 0.1) is 6.33 Å². The summed E-state index contributed by atoms with van der Waals surface area (Å²) >= 11 is 0. The van der Waals surface area contributed by atoms with Crippen molar-refractivity contribution in [2.45, 2.75) is 6.54 Å². The highest BCUT2D eigenvalue weighted by molar-refractivity contribution is 5.72. The largest absolute Gasteiger partial charge is 0.333 e. The number of rotatable bonds is 4. The number of aromatic nitrogens is 2. The molecule has 4 aromatic rings. The molecular weight excluding hydrogens is 292 g/mol. The van der Waals surface area contributed by atoms with E-state index in [1.54, 1.807) is 0 Å². The Labute approximate surface area is 142 Å². The van der Waals surface area contributed by atoms with Crippen molar-refractivity contribution in [3.05, 3.63) is 103 Å². The van der Waals surface area contributed by atoms with E-state index >= 15 is 0 Å². The van der Waals surface area contributed by atoms with Gasteiger partial charge in [-0.1, -0.05) is 78.9 Å². The highest BCUT2D eigenvalue weighted by Crippen LogP contribution is 2.27. The van der Waals surface area contributed by atoms with E-state index in [0.717, 1.165) is 6.54 Å². The quantitative estimate of drug-likeness (QED) is 0.502. The second kappa shape index (κ2) is 6.55. The van der Waals surface area contributed by atoms with Crippen LogP contribution >= 0.6 is 0 Å². The Morgan fingerprint density at radius 3 is 2.08 bits per heavy atom. The van der Waals surface area contributed by atoms with Gasteiger partial charge >= 0.3 is 0 Å². The molecule has 0 aliphatic rings. The second-order valence-corrected chi connectivity index (χ2v) is 5.84. The molecular formula is C22H18N2. The Kier molecular flexibility index (Phi) is 3.95. The van der Waals surface area contributed by atoms with Gasteiger partial charge in [0.15, 0.2) is 0 Å². The average molecular weight is 310 g/mol. The van der Waals surface area contributed by atoms with Gasteiger partial charge in [-0.15, -0.1) is 0 Å². The molecule has 0 saturated carbocycles. The van der Waals surface area contributed by atoms with Crippen molar-refractivity contribution < 1.29 is 0 Å². The third kappa shape index (κ3) is 2.99. The molecule has 2 heteroatoms. The summed E-state index contributed by atoms with van der Waals surface area (Å²) in [5.41, 5.74) is 6.29. The first-order chi connectivity index (χ1) is 11.9. The van der Waals surface area contributed by atoms with Crippen molar-refractivity contribution in [3.8, 4) is 22.3 Å². The summed E-state index contributed by atoms with van der Waals surface area (Å²) in [4.78, 5) is 4.13. The maximum absolute atomic E-state index is 4.13. The summed E-state index contributed by atoms with van der Waals surface area (Å²) < 4.78 is 2.09. The highest BCUT2D eigenvalue weighted by atomic mass is 15.0. The Balaban J connectivity index is 1.67. The van der Waals surface area contributed by atoms with E-state index < -0.39 is 0 Å². The Morgan fingerprint density at radius 2 is 1.33 bits per heavy atom. The molecule has 0 aliphatic heterocycles. The summed E-state index contributed by atoms with van der Waals surface area (Å²) in [5, 5.41) is 0. The Morgan fingerprint density at radius 1 is 0.667 bits per heavy atom. The lowest BCUT2D eigenvalue weighted by molar-refractivity contribution is 0.799. The third-order valence-electron chi connectivity index (χ3n) is 4.23. The fraction of sp³-hybridized carbons (Fsp3) is 0.0455. The van der Waals surface area contributed by atoms with Crippen LogP contribution in [-0.2, 0) is 6.54 Å². The zero-order valence-corrected chi connectivity index (χ0v) is 13.3. The maximum atomic E-state index is 4.13. The van der Waals surface area contributed by atoms with Gasteiger partial charge in [-0.3, -0.25) is 0 Å². The molecule has 0 amide bonds. The first kappa shape index (κ1) is 14.5. The number of hydrogen-bond donors (Lipinski definition) is 0. The van der Waals surface area contributed by atoms with Gasteiger partial charge in [0, 0.05) is 18.9 Å². The first-order valence-corrected chi connectivity index (χ1v) is 8.10. The van der Waals surface area contributed by atoms with Gasteiger partial charge in [0.1, 0.15) is 0 Å². The van der Waals surface area contributed by atoms with Crippen molar-refractivity contribution in [3.63, 3.8) is 0 Å². The molecule has 0 radical (unpaired) electrons. The van der Waals surface area contributed by atoms with E-state index in [1.165, 1.54) is 27.8 Å². The topological polar surface area (TPSA) is 17.8 Å². The van der Waals surface area contributed by atoms with Gasteiger partial charge in [-0.2, -0.15) is 0 Å². The highest BCUT2D eigenvalue weighted by Gasteiger charge is 2.06. The van der Waals surface area contributed by atoms with Gasteiger partial charge in [0.25, 0.3) is 0 Å². The molecule has 0 unspecified atom stereocenters. The normalized spacial score (nSPS) is 10.7. The lowest BCUT2D eigenvalue weighted by Gasteiger charge is -2.11. The van der Waals surface area contributed by atoms with E-state index in [-0.39, 0.29) is 0 Å². The number of imidazole rings is 1. The van der Waals surface area contributed by atoms with Crippen molar-refractivity contribution in [2.24, 2.45) is 0 Å². The van der Waals surface area contributed by atoms with Crippen LogP contribution in [0.3, 0.4) is 0 Å². The third-order valence-corrected chi connectivity index (χ3v) is 4.23. The standard InChI is InChI=1S/C22H18N2/c1-2-6-18(7-3-1)19-10-12-20(13-11-19)22-9-5-4-8-21(22)16-24-15-14-23-17-24/h1-15,17H,16H2. The molecule has 24 heavy (non-hydrogen) atoms. The molecule has 3 aromatic carbocycles. The van der Waals surface area contributed by atoms with Crippen molar-refractivity contribution >= 4 is 0 Å². The predicted molar refractivity (Wildman–Crippen MR) is 98.6 cm³/mol. The van der Waals surface area contributed by atoms with Crippen LogP contribution in [0.15, 0.2) is 97.6 Å². The fourth-order valence-electron chi connectivity index (χ4n) is 2.99. The van der Waals surface area contributed by atoms with Gasteiger partial charge in [-0.25, -0.2) is 4.98 Å². The molecule has 1 heterocycles. The Bertz CT molecular complexity index is 908. The van der Waals surface area contributed by atoms with Crippen LogP contribution in [0.2, 0.25) is 0 Å². The van der Waals surface area contributed by atoms with Gasteiger partial charge in [-0.05, 0) is 27.8 Å². The number of hydrogen-bond acceptors (Lipinski definition) is 1. The van der Waals surface area contributed by atoms with Crippen LogP contribution in [-0.4, -0.2) is 9.55 Å². The van der Waals surface area contributed by atoms with Crippen LogP contribution in [0, 0.1) is 0 Å². The SMILES string of the molecule is c1ccc(-c2ccc(-c3ccccc3Cn3ccnc3)cc2)cc1. The Hall–Kier alpha value is -3.13. The van der Waals surface area contributed by atoms with E-state index in [9.17, 15) is 0 Å². The molecule has 2 nitrogen and oxygen atoms in total. The van der Waals surface area contributed by atoms with Gasteiger partial charge < -0.3 is 4.57 Å². The lowest BCUT2D eigenvalue weighted by Crippen LogP contribution is -1.98. The zero-order valence-electron chi connectivity index (χ0n) is 13.3. The fourth-order valence-corrected chi connectivity index (χ4v) is 2.99. The minimum absolute atomic E-state index is 0.830. The minimum atomic E-state index is 0.830. The molecule has 0 atom stereocenters. The molecule has 116 valence electrons. The maximum Gasteiger partial charge on any atom is 0.0949 e. The molecule has 0 bridgehead atoms. The minimum Gasteiger partial charge on any atom is -0.333 e. The smallest absolute Gasteiger partial charge is 0.0949 e. The molecule has 0 saturated heterocycles. The van der Waals surface area contributed by atoms with Crippen LogP contribution in [0.4, 0.5) is 0 Å². The molecule has 1 aromatic heterocycles. The summed E-state index contributed by atoms with van der Waals surface area (Å²) in [5.74, 6) is 0. The molecule has 0 fully saturated rings. The van der Waals surface area contributed by atoms with E-state index in [2.05, 4.69) is 82.3 Å². The lowest BCUT2D eigenvalue weighted by atomic mass is 9.97. The molecule has 0 spiro atoms. The van der Waals surface area contributed by atoms with E-state index in [1.807, 2.05) is 24.8 Å². The molecule has 0 aliphatic carbocycles. The number of nitrogens with zero attached hydrogens (tertiary/aromatic N) is 2. The number of benzene rings is 3. The summed E-state index contributed by atoms with van der Waals surface area (Å²) in [6.45, 7) is 0.830. The van der Waals surface area contributed by atoms with Gasteiger partial charge in [0.2, 0.25) is 0 Å². The van der Waals surface area contributed by atoms with E-state index in [4.69, 9.17) is 0 Å². The average Bonchev–Trinajstić information content (AvgIpc) is 3.16. The van der Waals surface area contributed by atoms with Crippen molar-refractivity contribution in [2.75, 3.05) is 0 Å². The molecule has 4 rings (SSSR count).